The number of benzene rings is 1. The number of rotatable bonds is 3. The third-order valence-corrected chi connectivity index (χ3v) is 2.67. The summed E-state index contributed by atoms with van der Waals surface area (Å²) >= 11 is 0. The monoisotopic (exact) mass is 281 g/mol. The van der Waals surface area contributed by atoms with Crippen molar-refractivity contribution in [2.75, 3.05) is 5.32 Å². The van der Waals surface area contributed by atoms with Gasteiger partial charge in [-0.1, -0.05) is 0 Å². The standard InChI is InChI=1S/C12H10F3N5/c1-7(11-17-6-18-20-11)19-9-2-3-10(12(13,14)15)8(4-9)5-16/h2-4,6-7,19H,1H3,(H,17,18,20). The zero-order chi connectivity index (χ0) is 14.8. The summed E-state index contributed by atoms with van der Waals surface area (Å²) in [5.41, 5.74) is -0.969. The molecular formula is C12H10F3N5. The van der Waals surface area contributed by atoms with Crippen molar-refractivity contribution >= 4 is 5.69 Å². The number of nitrogens with one attached hydrogen (secondary N) is 2. The molecule has 0 aliphatic rings. The molecule has 0 saturated heterocycles. The summed E-state index contributed by atoms with van der Waals surface area (Å²) in [7, 11) is 0. The van der Waals surface area contributed by atoms with Gasteiger partial charge >= 0.3 is 6.18 Å². The first-order chi connectivity index (χ1) is 9.41. The molecule has 0 spiro atoms. The maximum Gasteiger partial charge on any atom is 0.417 e. The second kappa shape index (κ2) is 5.21. The third kappa shape index (κ3) is 2.88. The number of hydrogen-bond acceptors (Lipinski definition) is 4. The predicted molar refractivity (Wildman–Crippen MR) is 64.6 cm³/mol. The number of nitriles is 1. The lowest BCUT2D eigenvalue weighted by atomic mass is 10.1. The summed E-state index contributed by atoms with van der Waals surface area (Å²) < 4.78 is 38.0. The Labute approximate surface area is 112 Å². The fraction of sp³-hybridized carbons (Fsp3) is 0.250. The molecule has 0 bridgehead atoms. The molecule has 1 heterocycles. The number of H-pyrrole nitrogens is 1. The van der Waals surface area contributed by atoms with Crippen molar-refractivity contribution in [3.8, 4) is 6.07 Å². The minimum absolute atomic E-state index is 0.277. The van der Waals surface area contributed by atoms with Gasteiger partial charge in [-0.05, 0) is 25.1 Å². The lowest BCUT2D eigenvalue weighted by Crippen LogP contribution is -2.11. The van der Waals surface area contributed by atoms with E-state index >= 15 is 0 Å². The van der Waals surface area contributed by atoms with Crippen molar-refractivity contribution in [3.63, 3.8) is 0 Å². The van der Waals surface area contributed by atoms with E-state index in [1.807, 2.05) is 0 Å². The second-order valence-corrected chi connectivity index (χ2v) is 4.11. The van der Waals surface area contributed by atoms with E-state index in [1.165, 1.54) is 12.4 Å². The van der Waals surface area contributed by atoms with Gasteiger partial charge in [-0.3, -0.25) is 5.10 Å². The molecule has 1 unspecified atom stereocenters. The van der Waals surface area contributed by atoms with Crippen LogP contribution >= 0.6 is 0 Å². The van der Waals surface area contributed by atoms with Crippen LogP contribution in [-0.2, 0) is 6.18 Å². The lowest BCUT2D eigenvalue weighted by molar-refractivity contribution is -0.137. The van der Waals surface area contributed by atoms with Crippen LogP contribution in [0.25, 0.3) is 0 Å². The van der Waals surface area contributed by atoms with Gasteiger partial charge in [-0.2, -0.15) is 23.5 Å². The SMILES string of the molecule is CC(Nc1ccc(C(F)(F)F)c(C#N)c1)c1ncn[nH]1. The average molecular weight is 281 g/mol. The largest absolute Gasteiger partial charge is 0.417 e. The van der Waals surface area contributed by atoms with Crippen LogP contribution in [0.3, 0.4) is 0 Å². The molecule has 20 heavy (non-hydrogen) atoms. The van der Waals surface area contributed by atoms with Crippen molar-refractivity contribution in [1.82, 2.24) is 15.2 Å². The van der Waals surface area contributed by atoms with Gasteiger partial charge in [0.2, 0.25) is 0 Å². The summed E-state index contributed by atoms with van der Waals surface area (Å²) in [4.78, 5) is 3.94. The highest BCUT2D eigenvalue weighted by Crippen LogP contribution is 2.33. The number of anilines is 1. The Balaban J connectivity index is 2.25. The molecule has 0 aliphatic heterocycles. The van der Waals surface area contributed by atoms with Crippen LogP contribution in [0, 0.1) is 11.3 Å². The Hall–Kier alpha value is -2.56. The van der Waals surface area contributed by atoms with Gasteiger partial charge in [0.05, 0.1) is 23.2 Å². The molecule has 2 N–H and O–H groups in total. The Morgan fingerprint density at radius 2 is 2.15 bits per heavy atom. The Morgan fingerprint density at radius 1 is 1.40 bits per heavy atom. The third-order valence-electron chi connectivity index (χ3n) is 2.67. The molecule has 104 valence electrons. The van der Waals surface area contributed by atoms with E-state index in [1.54, 1.807) is 13.0 Å². The molecule has 2 aromatic rings. The summed E-state index contributed by atoms with van der Waals surface area (Å²) in [6.07, 6.45) is -3.21. The van der Waals surface area contributed by atoms with Gasteiger partial charge in [-0.15, -0.1) is 0 Å². The maximum absolute atomic E-state index is 12.7. The van der Waals surface area contributed by atoms with Crippen LogP contribution in [0.5, 0.6) is 0 Å². The van der Waals surface area contributed by atoms with Gasteiger partial charge < -0.3 is 5.32 Å². The molecule has 0 radical (unpaired) electrons. The second-order valence-electron chi connectivity index (χ2n) is 4.11. The maximum atomic E-state index is 12.7. The van der Waals surface area contributed by atoms with E-state index in [4.69, 9.17) is 5.26 Å². The molecule has 0 fully saturated rings. The first-order valence-corrected chi connectivity index (χ1v) is 5.65. The highest BCUT2D eigenvalue weighted by Gasteiger charge is 2.33. The van der Waals surface area contributed by atoms with Crippen LogP contribution in [0.2, 0.25) is 0 Å². The minimum Gasteiger partial charge on any atom is -0.375 e. The number of alkyl halides is 3. The highest BCUT2D eigenvalue weighted by atomic mass is 19.4. The first kappa shape index (κ1) is 13.9. The van der Waals surface area contributed by atoms with Crippen molar-refractivity contribution in [2.24, 2.45) is 0 Å². The number of nitrogens with zero attached hydrogens (tertiary/aromatic N) is 3. The first-order valence-electron chi connectivity index (χ1n) is 5.65. The molecule has 0 saturated carbocycles. The van der Waals surface area contributed by atoms with E-state index in [-0.39, 0.29) is 6.04 Å². The lowest BCUT2D eigenvalue weighted by Gasteiger charge is -2.14. The molecule has 2 rings (SSSR count). The topological polar surface area (TPSA) is 77.4 Å². The van der Waals surface area contributed by atoms with Crippen LogP contribution in [0.4, 0.5) is 18.9 Å². The molecule has 0 amide bonds. The van der Waals surface area contributed by atoms with Crippen molar-refractivity contribution < 1.29 is 13.2 Å². The molecule has 8 heteroatoms. The van der Waals surface area contributed by atoms with Crippen LogP contribution in [-0.4, -0.2) is 15.2 Å². The van der Waals surface area contributed by atoms with Gasteiger partial charge in [-0.25, -0.2) is 4.98 Å². The average Bonchev–Trinajstić information content (AvgIpc) is 2.91. The quantitative estimate of drug-likeness (QED) is 0.906. The number of aromatic amines is 1. The van der Waals surface area contributed by atoms with Gasteiger partial charge in [0, 0.05) is 5.69 Å². The van der Waals surface area contributed by atoms with Crippen molar-refractivity contribution in [2.45, 2.75) is 19.1 Å². The van der Waals surface area contributed by atoms with Crippen LogP contribution in [0.15, 0.2) is 24.5 Å². The fourth-order valence-electron chi connectivity index (χ4n) is 1.72. The molecule has 0 aliphatic carbocycles. The Morgan fingerprint density at radius 3 is 2.70 bits per heavy atom. The van der Waals surface area contributed by atoms with Gasteiger partial charge in [0.15, 0.2) is 0 Å². The molecule has 5 nitrogen and oxygen atoms in total. The van der Waals surface area contributed by atoms with Gasteiger partial charge in [0.1, 0.15) is 12.2 Å². The number of hydrogen-bond donors (Lipinski definition) is 2. The smallest absolute Gasteiger partial charge is 0.375 e. The van der Waals surface area contributed by atoms with E-state index in [0.29, 0.717) is 11.5 Å². The molecule has 1 aromatic heterocycles. The zero-order valence-corrected chi connectivity index (χ0v) is 10.4. The normalized spacial score (nSPS) is 12.8. The zero-order valence-electron chi connectivity index (χ0n) is 10.4. The van der Waals surface area contributed by atoms with Crippen LogP contribution in [0.1, 0.15) is 29.9 Å². The predicted octanol–water partition coefficient (Wildman–Crippen LogP) is 2.87. The Bertz CT molecular complexity index is 628. The van der Waals surface area contributed by atoms with Gasteiger partial charge in [0.25, 0.3) is 0 Å². The highest BCUT2D eigenvalue weighted by molar-refractivity contribution is 5.54. The fourth-order valence-corrected chi connectivity index (χ4v) is 1.72. The van der Waals surface area contributed by atoms with Crippen LogP contribution < -0.4 is 5.32 Å². The minimum atomic E-state index is -4.54. The summed E-state index contributed by atoms with van der Waals surface area (Å²) in [5.74, 6) is 0.545. The number of halogens is 3. The van der Waals surface area contributed by atoms with E-state index in [2.05, 4.69) is 20.5 Å². The molecule has 1 aromatic carbocycles. The Kier molecular flexibility index (Phi) is 3.61. The summed E-state index contributed by atoms with van der Waals surface area (Å²) in [5, 5.41) is 18.1. The van der Waals surface area contributed by atoms with Crippen molar-refractivity contribution in [3.05, 3.63) is 41.5 Å². The van der Waals surface area contributed by atoms with E-state index in [9.17, 15) is 13.2 Å². The summed E-state index contributed by atoms with van der Waals surface area (Å²) in [6, 6.07) is 4.60. The van der Waals surface area contributed by atoms with Crippen molar-refractivity contribution in [1.29, 1.82) is 5.26 Å². The summed E-state index contributed by atoms with van der Waals surface area (Å²) in [6.45, 7) is 1.77. The molecular weight excluding hydrogens is 271 g/mol. The number of aromatic nitrogens is 3. The van der Waals surface area contributed by atoms with E-state index < -0.39 is 17.3 Å². The van der Waals surface area contributed by atoms with E-state index in [0.717, 1.165) is 12.1 Å². The molecule has 1 atom stereocenters.